The molecule has 1 saturated heterocycles. The molecule has 0 spiro atoms. The number of hydrogen-bond donors (Lipinski definition) is 1. The van der Waals surface area contributed by atoms with Crippen molar-refractivity contribution < 1.29 is 5.11 Å². The molecule has 1 aromatic carbocycles. The Morgan fingerprint density at radius 1 is 1.16 bits per heavy atom. The lowest BCUT2D eigenvalue weighted by Crippen LogP contribution is -2.37. The van der Waals surface area contributed by atoms with Gasteiger partial charge in [-0.25, -0.2) is 9.67 Å². The molecule has 0 bridgehead atoms. The summed E-state index contributed by atoms with van der Waals surface area (Å²) in [5.74, 6) is 0.879. The van der Waals surface area contributed by atoms with Crippen LogP contribution in [0.15, 0.2) is 30.5 Å². The number of halogens is 2. The quantitative estimate of drug-likeness (QED) is 0.756. The second-order valence-corrected chi connectivity index (χ2v) is 7.00. The fourth-order valence-corrected chi connectivity index (χ4v) is 3.68. The Kier molecular flexibility index (Phi) is 4.50. The Balaban J connectivity index is 1.62. The highest BCUT2D eigenvalue weighted by molar-refractivity contribution is 6.39. The minimum Gasteiger partial charge on any atom is -0.390 e. The zero-order valence-electron chi connectivity index (χ0n) is 13.4. The third-order valence-corrected chi connectivity index (χ3v) is 5.19. The largest absolute Gasteiger partial charge is 0.390 e. The lowest BCUT2D eigenvalue weighted by Gasteiger charge is -2.33. The monoisotopic (exact) mass is 377 g/mol. The summed E-state index contributed by atoms with van der Waals surface area (Å²) in [4.78, 5) is 6.96. The molecule has 0 amide bonds. The number of rotatable bonds is 3. The fraction of sp³-hybridized carbons (Fsp3) is 0.353. The van der Waals surface area contributed by atoms with Crippen LogP contribution in [0.3, 0.4) is 0 Å². The summed E-state index contributed by atoms with van der Waals surface area (Å²) in [6, 6.07) is 7.71. The van der Waals surface area contributed by atoms with Gasteiger partial charge in [0.05, 0.1) is 34.4 Å². The van der Waals surface area contributed by atoms with E-state index in [4.69, 9.17) is 33.3 Å². The molecule has 3 heterocycles. The van der Waals surface area contributed by atoms with Gasteiger partial charge >= 0.3 is 0 Å². The van der Waals surface area contributed by atoms with E-state index in [-0.39, 0.29) is 12.6 Å². The number of fused-ring (bicyclic) bond motifs is 1. The Labute approximate surface area is 155 Å². The van der Waals surface area contributed by atoms with Gasteiger partial charge in [0.2, 0.25) is 0 Å². The topological polar surface area (TPSA) is 67.1 Å². The number of hydrogen-bond acceptors (Lipinski definition) is 5. The van der Waals surface area contributed by atoms with Gasteiger partial charge in [-0.05, 0) is 37.1 Å². The molecule has 1 atom stereocenters. The van der Waals surface area contributed by atoms with E-state index in [9.17, 15) is 0 Å². The highest BCUT2D eigenvalue weighted by Gasteiger charge is 2.23. The fourth-order valence-electron chi connectivity index (χ4n) is 3.26. The first-order valence-electron chi connectivity index (χ1n) is 8.17. The van der Waals surface area contributed by atoms with Gasteiger partial charge in [0, 0.05) is 18.5 Å². The van der Waals surface area contributed by atoms with E-state index in [2.05, 4.69) is 15.2 Å². The van der Waals surface area contributed by atoms with Gasteiger partial charge in [-0.1, -0.05) is 28.4 Å². The average Bonchev–Trinajstić information content (AvgIpc) is 3.14. The molecule has 6 nitrogen and oxygen atoms in total. The third kappa shape index (κ3) is 3.17. The lowest BCUT2D eigenvalue weighted by atomic mass is 10.1. The Hall–Kier alpha value is -1.89. The highest BCUT2D eigenvalue weighted by atomic mass is 35.5. The summed E-state index contributed by atoms with van der Waals surface area (Å²) < 4.78 is 1.84. The number of anilines is 1. The Bertz CT molecular complexity index is 913. The van der Waals surface area contributed by atoms with Crippen LogP contribution in [-0.2, 0) is 6.61 Å². The van der Waals surface area contributed by atoms with Crippen molar-refractivity contribution in [3.8, 4) is 0 Å². The van der Waals surface area contributed by atoms with Crippen LogP contribution in [0.4, 0.5) is 5.82 Å². The molecule has 0 saturated carbocycles. The summed E-state index contributed by atoms with van der Waals surface area (Å²) in [5, 5.41) is 19.4. The highest BCUT2D eigenvalue weighted by Crippen LogP contribution is 2.32. The van der Waals surface area contributed by atoms with Crippen LogP contribution in [0.25, 0.3) is 10.9 Å². The molecular weight excluding hydrogens is 361 g/mol. The average molecular weight is 378 g/mol. The van der Waals surface area contributed by atoms with Crippen LogP contribution in [0.1, 0.15) is 24.6 Å². The molecule has 1 aliphatic rings. The predicted octanol–water partition coefficient (Wildman–Crippen LogP) is 3.47. The normalized spacial score (nSPS) is 18.0. The van der Waals surface area contributed by atoms with Crippen LogP contribution in [-0.4, -0.2) is 38.2 Å². The first kappa shape index (κ1) is 16.6. The third-order valence-electron chi connectivity index (χ3n) is 4.55. The van der Waals surface area contributed by atoms with E-state index in [0.717, 1.165) is 42.7 Å². The minimum absolute atomic E-state index is 0.0953. The molecule has 1 N–H and O–H groups in total. The van der Waals surface area contributed by atoms with E-state index in [1.54, 1.807) is 18.3 Å². The number of nitrogens with zero attached hydrogens (tertiary/aromatic N) is 5. The van der Waals surface area contributed by atoms with E-state index in [1.165, 1.54) is 0 Å². The van der Waals surface area contributed by atoms with Gasteiger partial charge in [-0.3, -0.25) is 0 Å². The van der Waals surface area contributed by atoms with E-state index >= 15 is 0 Å². The van der Waals surface area contributed by atoms with Crippen molar-refractivity contribution in [1.29, 1.82) is 0 Å². The maximum atomic E-state index is 9.17. The van der Waals surface area contributed by atoms with E-state index in [1.807, 2.05) is 16.8 Å². The van der Waals surface area contributed by atoms with Crippen LogP contribution < -0.4 is 4.90 Å². The second-order valence-electron chi connectivity index (χ2n) is 6.18. The smallest absolute Gasteiger partial charge is 0.129 e. The molecule has 1 aliphatic heterocycles. The predicted molar refractivity (Wildman–Crippen MR) is 98.2 cm³/mol. The lowest BCUT2D eigenvalue weighted by molar-refractivity contribution is 0.276. The zero-order valence-corrected chi connectivity index (χ0v) is 15.0. The molecule has 25 heavy (non-hydrogen) atoms. The van der Waals surface area contributed by atoms with Gasteiger partial charge < -0.3 is 10.0 Å². The molecule has 2 aromatic heterocycles. The van der Waals surface area contributed by atoms with Crippen molar-refractivity contribution in [3.05, 3.63) is 46.2 Å². The zero-order chi connectivity index (χ0) is 17.4. The van der Waals surface area contributed by atoms with Gasteiger partial charge in [0.25, 0.3) is 0 Å². The Morgan fingerprint density at radius 2 is 2.00 bits per heavy atom. The molecule has 4 rings (SSSR count). The van der Waals surface area contributed by atoms with Crippen LogP contribution >= 0.6 is 23.2 Å². The molecule has 130 valence electrons. The number of pyridine rings is 1. The number of benzene rings is 1. The van der Waals surface area contributed by atoms with E-state index < -0.39 is 0 Å². The van der Waals surface area contributed by atoms with Crippen molar-refractivity contribution in [2.45, 2.75) is 25.5 Å². The van der Waals surface area contributed by atoms with Gasteiger partial charge in [-0.2, -0.15) is 0 Å². The summed E-state index contributed by atoms with van der Waals surface area (Å²) >= 11 is 12.5. The summed E-state index contributed by atoms with van der Waals surface area (Å²) in [6.45, 7) is 1.61. The molecule has 0 radical (unpaired) electrons. The van der Waals surface area contributed by atoms with Crippen molar-refractivity contribution in [2.24, 2.45) is 0 Å². The van der Waals surface area contributed by atoms with Gasteiger partial charge in [0.15, 0.2) is 0 Å². The van der Waals surface area contributed by atoms with Crippen molar-refractivity contribution >= 4 is 39.9 Å². The molecule has 3 aromatic rings. The molecular formula is C17H17Cl2N5O. The standard InChI is InChI=1S/C17H17Cl2N5O/c18-14-4-5-15(19)17-13(14)3-6-16(20-17)23-7-1-2-12(9-23)24-8-11(10-25)21-22-24/h3-6,8,12,25H,1-2,7,9-10H2. The minimum atomic E-state index is -0.0953. The SMILES string of the molecule is OCc1cn(C2CCCN(c3ccc4c(Cl)ccc(Cl)c4n3)C2)nn1. The second kappa shape index (κ2) is 6.78. The Morgan fingerprint density at radius 3 is 2.80 bits per heavy atom. The summed E-state index contributed by atoms with van der Waals surface area (Å²) in [7, 11) is 0. The number of piperidine rings is 1. The maximum Gasteiger partial charge on any atom is 0.129 e. The summed E-state index contributed by atoms with van der Waals surface area (Å²) in [6.07, 6.45) is 3.85. The van der Waals surface area contributed by atoms with Crippen LogP contribution in [0.5, 0.6) is 0 Å². The van der Waals surface area contributed by atoms with Crippen molar-refractivity contribution in [2.75, 3.05) is 18.0 Å². The van der Waals surface area contributed by atoms with Crippen molar-refractivity contribution in [3.63, 3.8) is 0 Å². The maximum absolute atomic E-state index is 9.17. The molecule has 0 aliphatic carbocycles. The molecule has 1 fully saturated rings. The molecule has 8 heteroatoms. The first-order chi connectivity index (χ1) is 12.2. The van der Waals surface area contributed by atoms with Crippen LogP contribution in [0.2, 0.25) is 10.0 Å². The first-order valence-corrected chi connectivity index (χ1v) is 8.92. The van der Waals surface area contributed by atoms with Crippen molar-refractivity contribution in [1.82, 2.24) is 20.0 Å². The van der Waals surface area contributed by atoms with Crippen LogP contribution in [0, 0.1) is 0 Å². The van der Waals surface area contributed by atoms with E-state index in [0.29, 0.717) is 15.7 Å². The number of aromatic nitrogens is 4. The van der Waals surface area contributed by atoms with Gasteiger partial charge in [0.1, 0.15) is 11.5 Å². The van der Waals surface area contributed by atoms with Gasteiger partial charge in [-0.15, -0.1) is 5.10 Å². The number of aliphatic hydroxyl groups is 1. The summed E-state index contributed by atoms with van der Waals surface area (Å²) in [5.41, 5.74) is 1.31. The molecule has 1 unspecified atom stereocenters. The number of aliphatic hydroxyl groups excluding tert-OH is 1.